The summed E-state index contributed by atoms with van der Waals surface area (Å²) in [6.45, 7) is 12.2. The summed E-state index contributed by atoms with van der Waals surface area (Å²) in [6, 6.07) is 15.4. The molecular weight excluding hydrogens is 386 g/mol. The molecule has 0 saturated carbocycles. The van der Waals surface area contributed by atoms with Crippen LogP contribution in [-0.2, 0) is 23.3 Å². The molecular formula is C26H36N3O2+. The molecule has 0 aliphatic carbocycles. The van der Waals surface area contributed by atoms with Crippen LogP contribution in [0.15, 0.2) is 48.5 Å². The van der Waals surface area contributed by atoms with E-state index in [0.717, 1.165) is 12.1 Å². The Morgan fingerprint density at radius 1 is 0.935 bits per heavy atom. The lowest BCUT2D eigenvalue weighted by molar-refractivity contribution is -0.901. The highest BCUT2D eigenvalue weighted by molar-refractivity contribution is 5.97. The number of quaternary nitrogens is 1. The van der Waals surface area contributed by atoms with Crippen molar-refractivity contribution in [2.45, 2.75) is 65.1 Å². The molecule has 0 unspecified atom stereocenters. The molecule has 1 saturated heterocycles. The SMILES string of the molecule is C[C@H](NC(=O)c1ccc(C(C)(C)C)cc1)C(=O)NCc1ccc(C[NH+]2CCCC2)cc1. The Morgan fingerprint density at radius 2 is 1.52 bits per heavy atom. The summed E-state index contributed by atoms with van der Waals surface area (Å²) in [5, 5.41) is 5.70. The molecule has 1 heterocycles. The molecule has 5 nitrogen and oxygen atoms in total. The summed E-state index contributed by atoms with van der Waals surface area (Å²) in [5.41, 5.74) is 4.16. The molecule has 2 aromatic carbocycles. The van der Waals surface area contributed by atoms with Gasteiger partial charge < -0.3 is 15.5 Å². The first kappa shape index (κ1) is 23.0. The van der Waals surface area contributed by atoms with E-state index in [-0.39, 0.29) is 17.2 Å². The minimum atomic E-state index is -0.604. The van der Waals surface area contributed by atoms with E-state index in [1.54, 1.807) is 11.8 Å². The van der Waals surface area contributed by atoms with Crippen molar-refractivity contribution in [3.8, 4) is 0 Å². The Hall–Kier alpha value is -2.66. The van der Waals surface area contributed by atoms with Crippen LogP contribution in [0.25, 0.3) is 0 Å². The maximum atomic E-state index is 12.5. The fourth-order valence-electron chi connectivity index (χ4n) is 3.92. The average molecular weight is 423 g/mol. The van der Waals surface area contributed by atoms with Gasteiger partial charge in [-0.15, -0.1) is 0 Å². The number of hydrogen-bond acceptors (Lipinski definition) is 2. The lowest BCUT2D eigenvalue weighted by atomic mass is 9.86. The maximum absolute atomic E-state index is 12.5. The topological polar surface area (TPSA) is 62.6 Å². The second-order valence-electron chi connectivity index (χ2n) is 9.69. The van der Waals surface area contributed by atoms with Gasteiger partial charge in [0.05, 0.1) is 13.1 Å². The van der Waals surface area contributed by atoms with Crippen LogP contribution in [0.3, 0.4) is 0 Å². The second-order valence-corrected chi connectivity index (χ2v) is 9.69. The van der Waals surface area contributed by atoms with Crippen LogP contribution in [0, 0.1) is 0 Å². The van der Waals surface area contributed by atoms with Gasteiger partial charge in [-0.3, -0.25) is 9.59 Å². The van der Waals surface area contributed by atoms with Crippen LogP contribution in [0.5, 0.6) is 0 Å². The molecule has 3 rings (SSSR count). The van der Waals surface area contributed by atoms with Crippen LogP contribution in [0.4, 0.5) is 0 Å². The summed E-state index contributed by atoms with van der Waals surface area (Å²) >= 11 is 0. The van der Waals surface area contributed by atoms with Gasteiger partial charge in [0.25, 0.3) is 5.91 Å². The fourth-order valence-corrected chi connectivity index (χ4v) is 3.92. The molecule has 1 atom stereocenters. The van der Waals surface area contributed by atoms with E-state index in [4.69, 9.17) is 0 Å². The van der Waals surface area contributed by atoms with Gasteiger partial charge in [-0.1, -0.05) is 57.2 Å². The van der Waals surface area contributed by atoms with Crippen LogP contribution in [0.2, 0.25) is 0 Å². The Kier molecular flexibility index (Phi) is 7.50. The molecule has 166 valence electrons. The lowest BCUT2D eigenvalue weighted by Crippen LogP contribution is -3.08. The van der Waals surface area contributed by atoms with E-state index in [2.05, 4.69) is 55.7 Å². The Bertz CT molecular complexity index is 876. The molecule has 1 aliphatic rings. The summed E-state index contributed by atoms with van der Waals surface area (Å²) < 4.78 is 0. The van der Waals surface area contributed by atoms with Crippen molar-refractivity contribution in [2.24, 2.45) is 0 Å². The minimum absolute atomic E-state index is 0.0374. The predicted octanol–water partition coefficient (Wildman–Crippen LogP) is 2.60. The first-order chi connectivity index (χ1) is 14.7. The third-order valence-corrected chi connectivity index (χ3v) is 6.01. The van der Waals surface area contributed by atoms with E-state index in [1.165, 1.54) is 37.1 Å². The zero-order valence-corrected chi connectivity index (χ0v) is 19.3. The molecule has 3 N–H and O–H groups in total. The summed E-state index contributed by atoms with van der Waals surface area (Å²) in [5.74, 6) is -0.429. The molecule has 2 aromatic rings. The van der Waals surface area contributed by atoms with Gasteiger partial charge >= 0.3 is 0 Å². The van der Waals surface area contributed by atoms with Crippen molar-refractivity contribution in [1.29, 1.82) is 0 Å². The van der Waals surface area contributed by atoms with Crippen LogP contribution in [-0.4, -0.2) is 30.9 Å². The number of benzene rings is 2. The largest absolute Gasteiger partial charge is 0.350 e. The molecule has 0 radical (unpaired) electrons. The van der Waals surface area contributed by atoms with Crippen molar-refractivity contribution >= 4 is 11.8 Å². The summed E-state index contributed by atoms with van der Waals surface area (Å²) in [7, 11) is 0. The van der Waals surface area contributed by atoms with Crippen LogP contribution < -0.4 is 15.5 Å². The van der Waals surface area contributed by atoms with Crippen molar-refractivity contribution < 1.29 is 14.5 Å². The van der Waals surface area contributed by atoms with Crippen LogP contribution >= 0.6 is 0 Å². The number of amides is 2. The summed E-state index contributed by atoms with van der Waals surface area (Å²) in [6.07, 6.45) is 2.66. The van der Waals surface area contributed by atoms with Crippen molar-refractivity contribution in [3.63, 3.8) is 0 Å². The Balaban J connectivity index is 1.46. The highest BCUT2D eigenvalue weighted by Crippen LogP contribution is 2.22. The number of hydrogen-bond donors (Lipinski definition) is 3. The third-order valence-electron chi connectivity index (χ3n) is 6.01. The third kappa shape index (κ3) is 6.66. The van der Waals surface area contributed by atoms with E-state index in [1.807, 2.05) is 24.3 Å². The molecule has 31 heavy (non-hydrogen) atoms. The van der Waals surface area contributed by atoms with E-state index in [0.29, 0.717) is 12.1 Å². The molecule has 1 aliphatic heterocycles. The standard InChI is InChI=1S/C26H35N3O2/c1-19(28-25(31)22-11-13-23(14-12-22)26(2,3)4)24(30)27-17-20-7-9-21(10-8-20)18-29-15-5-6-16-29/h7-14,19H,5-6,15-18H2,1-4H3,(H,27,30)(H,28,31)/p+1/t19-/m0/s1. The smallest absolute Gasteiger partial charge is 0.251 e. The van der Waals surface area contributed by atoms with E-state index < -0.39 is 6.04 Å². The molecule has 2 amide bonds. The molecule has 5 heteroatoms. The van der Waals surface area contributed by atoms with Gasteiger partial charge in [0.2, 0.25) is 5.91 Å². The quantitative estimate of drug-likeness (QED) is 0.642. The van der Waals surface area contributed by atoms with Gasteiger partial charge in [-0.25, -0.2) is 0 Å². The van der Waals surface area contributed by atoms with Gasteiger partial charge in [0.15, 0.2) is 0 Å². The lowest BCUT2D eigenvalue weighted by Gasteiger charge is -2.19. The fraction of sp³-hybridized carbons (Fsp3) is 0.462. The first-order valence-electron chi connectivity index (χ1n) is 11.3. The monoisotopic (exact) mass is 422 g/mol. The van der Waals surface area contributed by atoms with Crippen LogP contribution in [0.1, 0.15) is 67.6 Å². The molecule has 0 spiro atoms. The molecule has 0 bridgehead atoms. The number of carbonyl (C=O) groups excluding carboxylic acids is 2. The zero-order chi connectivity index (χ0) is 22.4. The highest BCUT2D eigenvalue weighted by atomic mass is 16.2. The second kappa shape index (κ2) is 10.1. The highest BCUT2D eigenvalue weighted by Gasteiger charge is 2.18. The van der Waals surface area contributed by atoms with Crippen molar-refractivity contribution in [1.82, 2.24) is 10.6 Å². The molecule has 1 fully saturated rings. The predicted molar refractivity (Wildman–Crippen MR) is 124 cm³/mol. The first-order valence-corrected chi connectivity index (χ1v) is 11.3. The number of carbonyl (C=O) groups is 2. The van der Waals surface area contributed by atoms with E-state index in [9.17, 15) is 9.59 Å². The van der Waals surface area contributed by atoms with E-state index >= 15 is 0 Å². The number of rotatable bonds is 7. The Labute approximate surface area is 186 Å². The average Bonchev–Trinajstić information content (AvgIpc) is 3.25. The molecule has 0 aromatic heterocycles. The Morgan fingerprint density at radius 3 is 2.10 bits per heavy atom. The number of likely N-dealkylation sites (tertiary alicyclic amines) is 1. The number of nitrogens with one attached hydrogen (secondary N) is 3. The van der Waals surface area contributed by atoms with Gasteiger partial charge in [0, 0.05) is 30.5 Å². The normalized spacial score (nSPS) is 15.5. The maximum Gasteiger partial charge on any atom is 0.251 e. The van der Waals surface area contributed by atoms with Gasteiger partial charge in [-0.05, 0) is 35.6 Å². The van der Waals surface area contributed by atoms with Crippen molar-refractivity contribution in [2.75, 3.05) is 13.1 Å². The van der Waals surface area contributed by atoms with Gasteiger partial charge in [0.1, 0.15) is 12.6 Å². The minimum Gasteiger partial charge on any atom is -0.350 e. The zero-order valence-electron chi connectivity index (χ0n) is 19.3. The summed E-state index contributed by atoms with van der Waals surface area (Å²) in [4.78, 5) is 26.6. The van der Waals surface area contributed by atoms with Gasteiger partial charge in [-0.2, -0.15) is 0 Å². The van der Waals surface area contributed by atoms with Crippen molar-refractivity contribution in [3.05, 3.63) is 70.8 Å².